The molecular weight excluding hydrogens is 340 g/mol. The predicted molar refractivity (Wildman–Crippen MR) is 103 cm³/mol. The summed E-state index contributed by atoms with van der Waals surface area (Å²) in [6.45, 7) is 5.97. The molecule has 0 radical (unpaired) electrons. The third-order valence-electron chi connectivity index (χ3n) is 4.41. The number of carbonyl (C=O) groups excluding carboxylic acids is 1. The van der Waals surface area contributed by atoms with E-state index >= 15 is 0 Å². The first-order valence-corrected chi connectivity index (χ1v) is 9.10. The molecule has 1 aromatic carbocycles. The quantitative estimate of drug-likeness (QED) is 0.697. The number of hydrogen-bond donors (Lipinski definition) is 2. The van der Waals surface area contributed by atoms with E-state index in [2.05, 4.69) is 19.2 Å². The normalized spacial score (nSPS) is 19.2. The first-order valence-electron chi connectivity index (χ1n) is 9.10. The number of nitrogens with one attached hydrogen (secondary N) is 1. The molecule has 3 N–H and O–H groups in total. The van der Waals surface area contributed by atoms with Crippen LogP contribution < -0.4 is 20.5 Å². The number of nitrogens with two attached hydrogens (primary N) is 1. The highest BCUT2D eigenvalue weighted by Gasteiger charge is 2.27. The van der Waals surface area contributed by atoms with E-state index in [-0.39, 0.29) is 24.4 Å². The van der Waals surface area contributed by atoms with Crippen molar-refractivity contribution in [1.82, 2.24) is 5.32 Å². The van der Waals surface area contributed by atoms with Gasteiger partial charge in [0.25, 0.3) is 5.91 Å². The molecule has 1 aliphatic carbocycles. The summed E-state index contributed by atoms with van der Waals surface area (Å²) in [5, 5.41) is 3.13. The second kappa shape index (κ2) is 11.2. The Morgan fingerprint density at radius 1 is 1.16 bits per heavy atom. The lowest BCUT2D eigenvalue weighted by atomic mass is 10.0. The van der Waals surface area contributed by atoms with Crippen LogP contribution in [0, 0.1) is 5.92 Å². The number of rotatable bonds is 9. The third-order valence-corrected chi connectivity index (χ3v) is 4.41. The van der Waals surface area contributed by atoms with Crippen molar-refractivity contribution in [2.45, 2.75) is 52.0 Å². The lowest BCUT2D eigenvalue weighted by Gasteiger charge is -2.20. The second-order valence-corrected chi connectivity index (χ2v) is 6.37. The molecule has 142 valence electrons. The molecule has 1 saturated carbocycles. The fraction of sp³-hybridized carbons (Fsp3) is 0.632. The summed E-state index contributed by atoms with van der Waals surface area (Å²) in [4.78, 5) is 12.6. The minimum atomic E-state index is -0.0660. The monoisotopic (exact) mass is 370 g/mol. The van der Waals surface area contributed by atoms with Gasteiger partial charge in [-0.25, -0.2) is 0 Å². The molecule has 0 aromatic heterocycles. The van der Waals surface area contributed by atoms with Crippen molar-refractivity contribution in [2.75, 3.05) is 19.8 Å². The summed E-state index contributed by atoms with van der Waals surface area (Å²) in [5.74, 6) is 1.66. The molecule has 2 atom stereocenters. The van der Waals surface area contributed by atoms with Crippen LogP contribution in [0.4, 0.5) is 0 Å². The van der Waals surface area contributed by atoms with Crippen LogP contribution in [0.2, 0.25) is 0 Å². The highest BCUT2D eigenvalue weighted by molar-refractivity contribution is 5.95. The van der Waals surface area contributed by atoms with Crippen molar-refractivity contribution in [3.8, 4) is 11.5 Å². The fourth-order valence-corrected chi connectivity index (χ4v) is 3.07. The predicted octanol–water partition coefficient (Wildman–Crippen LogP) is 3.54. The maximum Gasteiger partial charge on any atom is 0.251 e. The van der Waals surface area contributed by atoms with Gasteiger partial charge in [-0.2, -0.15) is 0 Å². The van der Waals surface area contributed by atoms with E-state index in [0.717, 1.165) is 32.1 Å². The van der Waals surface area contributed by atoms with Gasteiger partial charge in [0.1, 0.15) is 0 Å². The maximum atomic E-state index is 12.6. The average molecular weight is 371 g/mol. The SMILES string of the molecule is CCCOc1ccc(C(=O)NC2CCCC2CN)cc1OCCC.Cl. The second-order valence-electron chi connectivity index (χ2n) is 6.37. The van der Waals surface area contributed by atoms with Gasteiger partial charge in [0, 0.05) is 11.6 Å². The Labute approximate surface area is 157 Å². The molecule has 0 heterocycles. The lowest BCUT2D eigenvalue weighted by molar-refractivity contribution is 0.0928. The van der Waals surface area contributed by atoms with E-state index in [0.29, 0.717) is 42.7 Å². The summed E-state index contributed by atoms with van der Waals surface area (Å²) < 4.78 is 11.5. The Balaban J connectivity index is 0.00000312. The minimum Gasteiger partial charge on any atom is -0.490 e. The summed E-state index contributed by atoms with van der Waals surface area (Å²) in [6, 6.07) is 5.58. The lowest BCUT2D eigenvalue weighted by Crippen LogP contribution is -2.39. The van der Waals surface area contributed by atoms with Gasteiger partial charge in [0.05, 0.1) is 13.2 Å². The van der Waals surface area contributed by atoms with Crippen LogP contribution in [0.3, 0.4) is 0 Å². The minimum absolute atomic E-state index is 0. The Morgan fingerprint density at radius 3 is 2.48 bits per heavy atom. The largest absolute Gasteiger partial charge is 0.490 e. The maximum absolute atomic E-state index is 12.6. The van der Waals surface area contributed by atoms with Crippen molar-refractivity contribution in [1.29, 1.82) is 0 Å². The first-order chi connectivity index (χ1) is 11.7. The number of amides is 1. The van der Waals surface area contributed by atoms with Crippen LogP contribution in [0.5, 0.6) is 11.5 Å². The number of halogens is 1. The average Bonchev–Trinajstić information content (AvgIpc) is 3.05. The molecule has 2 rings (SSSR count). The molecule has 1 aliphatic rings. The van der Waals surface area contributed by atoms with Crippen LogP contribution in [0.1, 0.15) is 56.3 Å². The Morgan fingerprint density at radius 2 is 1.84 bits per heavy atom. The van der Waals surface area contributed by atoms with Crippen molar-refractivity contribution in [3.63, 3.8) is 0 Å². The summed E-state index contributed by atoms with van der Waals surface area (Å²) >= 11 is 0. The number of hydrogen-bond acceptors (Lipinski definition) is 4. The molecule has 25 heavy (non-hydrogen) atoms. The van der Waals surface area contributed by atoms with Crippen LogP contribution in [-0.4, -0.2) is 31.7 Å². The topological polar surface area (TPSA) is 73.6 Å². The van der Waals surface area contributed by atoms with E-state index in [4.69, 9.17) is 15.2 Å². The van der Waals surface area contributed by atoms with Crippen molar-refractivity contribution in [3.05, 3.63) is 23.8 Å². The Bertz CT molecular complexity index is 539. The zero-order valence-electron chi connectivity index (χ0n) is 15.3. The molecule has 1 amide bonds. The van der Waals surface area contributed by atoms with Crippen LogP contribution in [0.25, 0.3) is 0 Å². The molecule has 6 heteroatoms. The standard InChI is InChI=1S/C19H30N2O3.ClH/c1-3-10-23-17-9-8-14(12-18(17)24-11-4-2)19(22)21-16-7-5-6-15(16)13-20;/h8-9,12,15-16H,3-7,10-11,13,20H2,1-2H3,(H,21,22);1H. The Hall–Kier alpha value is -1.46. The zero-order valence-corrected chi connectivity index (χ0v) is 16.1. The van der Waals surface area contributed by atoms with Crippen molar-refractivity contribution >= 4 is 18.3 Å². The number of benzene rings is 1. The summed E-state index contributed by atoms with van der Waals surface area (Å²) in [6.07, 6.45) is 5.06. The molecule has 2 unspecified atom stereocenters. The molecule has 5 nitrogen and oxygen atoms in total. The third kappa shape index (κ3) is 6.08. The van der Waals surface area contributed by atoms with Crippen molar-refractivity contribution in [2.24, 2.45) is 11.7 Å². The van der Waals surface area contributed by atoms with E-state index in [1.54, 1.807) is 12.1 Å². The smallest absolute Gasteiger partial charge is 0.251 e. The van der Waals surface area contributed by atoms with Crippen LogP contribution in [-0.2, 0) is 0 Å². The summed E-state index contributed by atoms with van der Waals surface area (Å²) in [7, 11) is 0. The van der Waals surface area contributed by atoms with E-state index in [1.165, 1.54) is 0 Å². The van der Waals surface area contributed by atoms with Crippen molar-refractivity contribution < 1.29 is 14.3 Å². The van der Waals surface area contributed by atoms with Gasteiger partial charge >= 0.3 is 0 Å². The van der Waals surface area contributed by atoms with Gasteiger partial charge in [-0.05, 0) is 56.3 Å². The molecule has 0 spiro atoms. The van der Waals surface area contributed by atoms with E-state index < -0.39 is 0 Å². The van der Waals surface area contributed by atoms with Gasteiger partial charge in [0.2, 0.25) is 0 Å². The number of carbonyl (C=O) groups is 1. The van der Waals surface area contributed by atoms with Crippen LogP contribution in [0.15, 0.2) is 18.2 Å². The van der Waals surface area contributed by atoms with Gasteiger partial charge in [-0.3, -0.25) is 4.79 Å². The molecule has 1 fully saturated rings. The van der Waals surface area contributed by atoms with Gasteiger partial charge < -0.3 is 20.5 Å². The highest BCUT2D eigenvalue weighted by atomic mass is 35.5. The fourth-order valence-electron chi connectivity index (χ4n) is 3.07. The summed E-state index contributed by atoms with van der Waals surface area (Å²) in [5.41, 5.74) is 6.40. The first kappa shape index (κ1) is 21.6. The molecule has 0 saturated heterocycles. The molecule has 0 aliphatic heterocycles. The van der Waals surface area contributed by atoms with Gasteiger partial charge in [-0.15, -0.1) is 12.4 Å². The Kier molecular flexibility index (Phi) is 9.68. The zero-order chi connectivity index (χ0) is 17.4. The van der Waals surface area contributed by atoms with E-state index in [1.807, 2.05) is 6.07 Å². The van der Waals surface area contributed by atoms with Crippen LogP contribution >= 0.6 is 12.4 Å². The van der Waals surface area contributed by atoms with Gasteiger partial charge in [-0.1, -0.05) is 20.3 Å². The number of ether oxygens (including phenoxy) is 2. The molecule has 1 aromatic rings. The highest BCUT2D eigenvalue weighted by Crippen LogP contribution is 2.30. The van der Waals surface area contributed by atoms with E-state index in [9.17, 15) is 4.79 Å². The molecular formula is C19H31ClN2O3. The molecule has 0 bridgehead atoms. The van der Waals surface area contributed by atoms with Gasteiger partial charge in [0.15, 0.2) is 11.5 Å².